The number of aliphatic hydroxyl groups is 1. The number of hydrogen-bond donors (Lipinski definition) is 1. The van der Waals surface area contributed by atoms with E-state index in [2.05, 4.69) is 0 Å². The van der Waals surface area contributed by atoms with Crippen molar-refractivity contribution in [3.05, 3.63) is 48.3 Å². The molecule has 1 aliphatic rings. The monoisotopic (exact) mass is 290 g/mol. The number of allylic oxidation sites excluding steroid dienone is 5. The predicted molar refractivity (Wildman–Crippen MR) is 81.7 cm³/mol. The molecular formula is C17H22O4. The van der Waals surface area contributed by atoms with Crippen LogP contribution in [-0.2, 0) is 14.3 Å². The summed E-state index contributed by atoms with van der Waals surface area (Å²) in [5.74, 6) is -1.07. The first kappa shape index (κ1) is 17.0. The summed E-state index contributed by atoms with van der Waals surface area (Å²) in [4.78, 5) is 23.1. The average Bonchev–Trinajstić information content (AvgIpc) is 2.45. The molecule has 0 aromatic carbocycles. The lowest BCUT2D eigenvalue weighted by Gasteiger charge is -2.19. The third-order valence-electron chi connectivity index (χ3n) is 3.11. The molecular weight excluding hydrogens is 268 g/mol. The summed E-state index contributed by atoms with van der Waals surface area (Å²) in [7, 11) is 0. The Balaban J connectivity index is 2.47. The molecule has 0 amide bonds. The molecule has 0 radical (unpaired) electrons. The van der Waals surface area contributed by atoms with E-state index in [4.69, 9.17) is 4.74 Å². The summed E-state index contributed by atoms with van der Waals surface area (Å²) in [5.41, 5.74) is 0. The molecule has 0 aliphatic heterocycles. The molecule has 2 atom stereocenters. The third kappa shape index (κ3) is 6.25. The van der Waals surface area contributed by atoms with Crippen molar-refractivity contribution in [2.75, 3.05) is 6.61 Å². The number of carbonyl (C=O) groups excluding carboxylic acids is 2. The number of ketones is 1. The zero-order chi connectivity index (χ0) is 15.7. The smallest absolute Gasteiger partial charge is 0.330 e. The van der Waals surface area contributed by atoms with Gasteiger partial charge in [-0.1, -0.05) is 31.2 Å². The quantitative estimate of drug-likeness (QED) is 0.338. The Bertz CT molecular complexity index is 483. The van der Waals surface area contributed by atoms with Gasteiger partial charge >= 0.3 is 5.97 Å². The Kier molecular flexibility index (Phi) is 7.23. The standard InChI is InChI=1S/C17H22O4/c1-3-4-5-6-11-21-17(20)10-8-14-7-9-15(19)12-16(14)13(2)18/h4-5,7-10,12,14,16,19H,3,6,11H2,1-2H3/b5-4-,10-8+. The van der Waals surface area contributed by atoms with Gasteiger partial charge in [0.2, 0.25) is 0 Å². The van der Waals surface area contributed by atoms with Crippen LogP contribution in [0.15, 0.2) is 48.3 Å². The Hall–Kier alpha value is -2.10. The second kappa shape index (κ2) is 8.95. The SMILES string of the molecule is CC/C=C\CCOC(=O)/C=C/C1C=CC(O)=CC1C(C)=O. The summed E-state index contributed by atoms with van der Waals surface area (Å²) < 4.78 is 5.05. The second-order valence-corrected chi connectivity index (χ2v) is 4.86. The van der Waals surface area contributed by atoms with Gasteiger partial charge in [-0.05, 0) is 31.9 Å². The van der Waals surface area contributed by atoms with Crippen molar-refractivity contribution in [2.24, 2.45) is 11.8 Å². The Labute approximate surface area is 125 Å². The molecule has 0 aromatic rings. The van der Waals surface area contributed by atoms with E-state index in [0.717, 1.165) is 6.42 Å². The van der Waals surface area contributed by atoms with Crippen molar-refractivity contribution in [1.29, 1.82) is 0 Å². The minimum absolute atomic E-state index is 0.0568. The van der Waals surface area contributed by atoms with Crippen LogP contribution in [0.2, 0.25) is 0 Å². The van der Waals surface area contributed by atoms with Crippen LogP contribution in [0, 0.1) is 11.8 Å². The van der Waals surface area contributed by atoms with Gasteiger partial charge in [-0.2, -0.15) is 0 Å². The highest BCUT2D eigenvalue weighted by Gasteiger charge is 2.23. The maximum Gasteiger partial charge on any atom is 0.330 e. The van der Waals surface area contributed by atoms with Gasteiger partial charge in [0, 0.05) is 17.9 Å². The van der Waals surface area contributed by atoms with E-state index in [1.807, 2.05) is 19.1 Å². The van der Waals surface area contributed by atoms with Crippen molar-refractivity contribution in [2.45, 2.75) is 26.7 Å². The summed E-state index contributed by atoms with van der Waals surface area (Å²) in [6.45, 7) is 3.85. The molecule has 2 unspecified atom stereocenters. The number of Topliss-reactive ketones (excluding diaryl/α,β-unsaturated/α-hetero) is 1. The molecule has 1 aliphatic carbocycles. The van der Waals surface area contributed by atoms with Gasteiger partial charge in [0.25, 0.3) is 0 Å². The van der Waals surface area contributed by atoms with Crippen molar-refractivity contribution in [1.82, 2.24) is 0 Å². The summed E-state index contributed by atoms with van der Waals surface area (Å²) in [5, 5.41) is 9.41. The second-order valence-electron chi connectivity index (χ2n) is 4.86. The van der Waals surface area contributed by atoms with E-state index in [1.54, 1.807) is 12.2 Å². The van der Waals surface area contributed by atoms with Crippen LogP contribution in [0.4, 0.5) is 0 Å². The Morgan fingerprint density at radius 2 is 2.14 bits per heavy atom. The summed E-state index contributed by atoms with van der Waals surface area (Å²) in [6, 6.07) is 0. The zero-order valence-electron chi connectivity index (χ0n) is 12.5. The minimum atomic E-state index is -0.438. The van der Waals surface area contributed by atoms with Crippen LogP contribution >= 0.6 is 0 Å². The molecule has 114 valence electrons. The highest BCUT2D eigenvalue weighted by molar-refractivity contribution is 5.84. The minimum Gasteiger partial charge on any atom is -0.508 e. The van der Waals surface area contributed by atoms with Crippen LogP contribution in [-0.4, -0.2) is 23.5 Å². The highest BCUT2D eigenvalue weighted by Crippen LogP contribution is 2.24. The Morgan fingerprint density at radius 3 is 2.81 bits per heavy atom. The van der Waals surface area contributed by atoms with E-state index in [9.17, 15) is 14.7 Å². The number of hydrogen-bond acceptors (Lipinski definition) is 4. The number of rotatable bonds is 7. The van der Waals surface area contributed by atoms with E-state index < -0.39 is 11.9 Å². The molecule has 0 saturated carbocycles. The molecule has 1 rings (SSSR count). The normalized spacial score (nSPS) is 21.7. The van der Waals surface area contributed by atoms with Crippen LogP contribution in [0.3, 0.4) is 0 Å². The highest BCUT2D eigenvalue weighted by atomic mass is 16.5. The summed E-state index contributed by atoms with van der Waals surface area (Å²) >= 11 is 0. The first-order chi connectivity index (χ1) is 10.0. The van der Waals surface area contributed by atoms with Gasteiger partial charge < -0.3 is 9.84 Å². The van der Waals surface area contributed by atoms with Crippen LogP contribution in [0.5, 0.6) is 0 Å². The zero-order valence-corrected chi connectivity index (χ0v) is 12.5. The third-order valence-corrected chi connectivity index (χ3v) is 3.11. The molecule has 1 N–H and O–H groups in total. The number of esters is 1. The Morgan fingerprint density at radius 1 is 1.38 bits per heavy atom. The van der Waals surface area contributed by atoms with Crippen LogP contribution in [0.1, 0.15) is 26.7 Å². The molecule has 0 fully saturated rings. The fourth-order valence-electron chi connectivity index (χ4n) is 2.00. The first-order valence-corrected chi connectivity index (χ1v) is 7.14. The fourth-order valence-corrected chi connectivity index (χ4v) is 2.00. The molecule has 4 heteroatoms. The lowest BCUT2D eigenvalue weighted by atomic mass is 9.85. The molecule has 0 saturated heterocycles. The van der Waals surface area contributed by atoms with E-state index in [1.165, 1.54) is 25.2 Å². The maximum absolute atomic E-state index is 11.6. The number of aliphatic hydroxyl groups excluding tert-OH is 1. The molecule has 21 heavy (non-hydrogen) atoms. The van der Waals surface area contributed by atoms with Crippen molar-refractivity contribution in [3.63, 3.8) is 0 Å². The number of ether oxygens (including phenoxy) is 1. The lowest BCUT2D eigenvalue weighted by Crippen LogP contribution is -2.20. The molecule has 0 spiro atoms. The average molecular weight is 290 g/mol. The molecule has 0 heterocycles. The van der Waals surface area contributed by atoms with Gasteiger partial charge in [-0.25, -0.2) is 4.79 Å². The topological polar surface area (TPSA) is 63.6 Å². The van der Waals surface area contributed by atoms with E-state index >= 15 is 0 Å². The van der Waals surface area contributed by atoms with Crippen molar-refractivity contribution in [3.8, 4) is 0 Å². The fraction of sp³-hybridized carbons (Fsp3) is 0.412. The van der Waals surface area contributed by atoms with E-state index in [-0.39, 0.29) is 17.5 Å². The molecule has 0 aromatic heterocycles. The van der Waals surface area contributed by atoms with Gasteiger partial charge in [0.1, 0.15) is 11.5 Å². The molecule has 0 bridgehead atoms. The summed E-state index contributed by atoms with van der Waals surface area (Å²) in [6.07, 6.45) is 13.4. The van der Waals surface area contributed by atoms with Crippen LogP contribution < -0.4 is 0 Å². The molecule has 4 nitrogen and oxygen atoms in total. The predicted octanol–water partition coefficient (Wildman–Crippen LogP) is 3.28. The van der Waals surface area contributed by atoms with Gasteiger partial charge in [0.15, 0.2) is 0 Å². The van der Waals surface area contributed by atoms with E-state index in [0.29, 0.717) is 13.0 Å². The van der Waals surface area contributed by atoms with Crippen molar-refractivity contribution < 1.29 is 19.4 Å². The van der Waals surface area contributed by atoms with Crippen molar-refractivity contribution >= 4 is 11.8 Å². The first-order valence-electron chi connectivity index (χ1n) is 7.14. The van der Waals surface area contributed by atoms with Gasteiger partial charge in [0.05, 0.1) is 6.61 Å². The maximum atomic E-state index is 11.6. The lowest BCUT2D eigenvalue weighted by molar-refractivity contribution is -0.137. The largest absolute Gasteiger partial charge is 0.508 e. The number of carbonyl (C=O) groups is 2. The van der Waals surface area contributed by atoms with Gasteiger partial charge in [-0.15, -0.1) is 0 Å². The van der Waals surface area contributed by atoms with Gasteiger partial charge in [-0.3, -0.25) is 4.79 Å². The van der Waals surface area contributed by atoms with Crippen LogP contribution in [0.25, 0.3) is 0 Å².